The molecule has 1 aliphatic rings. The Morgan fingerprint density at radius 2 is 1.55 bits per heavy atom. The lowest BCUT2D eigenvalue weighted by Gasteiger charge is -2.21. The van der Waals surface area contributed by atoms with Crippen molar-refractivity contribution < 1.29 is 14.3 Å². The molecule has 222 valence electrons. The second kappa shape index (κ2) is 12.5. The van der Waals surface area contributed by atoms with E-state index in [1.165, 1.54) is 29.5 Å². The Morgan fingerprint density at radius 1 is 0.818 bits per heavy atom. The zero-order chi connectivity index (χ0) is 30.7. The molecule has 5 aromatic rings. The van der Waals surface area contributed by atoms with Crippen LogP contribution in [0.2, 0.25) is 0 Å². The predicted octanol–water partition coefficient (Wildman–Crippen LogP) is 9.34. The number of nitrogens with one attached hydrogen (secondary N) is 1. The minimum Gasteiger partial charge on any atom is -0.444 e. The number of ketones is 1. The molecule has 0 radical (unpaired) electrons. The van der Waals surface area contributed by atoms with Gasteiger partial charge in [0.25, 0.3) is 0 Å². The van der Waals surface area contributed by atoms with E-state index in [-0.39, 0.29) is 12.2 Å². The number of Topliss-reactive ketones (excluding diaryl/α,β-unsaturated/α-hetero) is 1. The number of anilines is 1. The molecule has 0 spiro atoms. The van der Waals surface area contributed by atoms with Crippen molar-refractivity contribution in [1.82, 2.24) is 4.98 Å². The number of rotatable bonds is 9. The monoisotopic (exact) mass is 582 g/mol. The molecule has 6 rings (SSSR count). The van der Waals surface area contributed by atoms with Crippen molar-refractivity contribution in [2.24, 2.45) is 0 Å². The highest BCUT2D eigenvalue weighted by Gasteiger charge is 2.29. The molecule has 0 aliphatic heterocycles. The Bertz CT molecular complexity index is 1800. The van der Waals surface area contributed by atoms with E-state index in [9.17, 15) is 9.59 Å². The summed E-state index contributed by atoms with van der Waals surface area (Å²) in [5.74, 6) is 0.485. The van der Waals surface area contributed by atoms with Crippen LogP contribution in [0, 0.1) is 0 Å². The first-order chi connectivity index (χ1) is 21.2. The highest BCUT2D eigenvalue weighted by atomic mass is 16.6. The van der Waals surface area contributed by atoms with Gasteiger partial charge in [-0.05, 0) is 104 Å². The average molecular weight is 583 g/mol. The largest absolute Gasteiger partial charge is 0.444 e. The first kappa shape index (κ1) is 29.3. The molecule has 1 aromatic heterocycles. The highest BCUT2D eigenvalue weighted by Crippen LogP contribution is 2.45. The topological polar surface area (TPSA) is 68.3 Å². The molecule has 1 heterocycles. The third kappa shape index (κ3) is 7.05. The molecule has 5 heteroatoms. The van der Waals surface area contributed by atoms with Crippen LogP contribution >= 0.6 is 0 Å². The molecular weight excluding hydrogens is 544 g/mol. The van der Waals surface area contributed by atoms with Gasteiger partial charge >= 0.3 is 6.09 Å². The lowest BCUT2D eigenvalue weighted by atomic mass is 9.93. The summed E-state index contributed by atoms with van der Waals surface area (Å²) in [5.41, 5.74) is 8.24. The van der Waals surface area contributed by atoms with Crippen molar-refractivity contribution >= 4 is 28.5 Å². The number of carbonyl (C=O) groups excluding carboxylic acids is 2. The summed E-state index contributed by atoms with van der Waals surface area (Å²) in [7, 11) is 0. The number of hydrogen-bond donors (Lipinski definition) is 1. The standard InChI is InChI=1S/C39H38N2O3/c1-39(2,3)44-38(43)41-34-21-20-30(27-12-8-5-9-13-27)22-32(34)24-35(42)33-23-31-19-18-28(15-14-26-10-6-4-7-11-26)36(29-16-17-29)37(31)40-25-33/h4-13,18-23,25,29H,14-17,24H2,1-3H3,(H,41,43). The summed E-state index contributed by atoms with van der Waals surface area (Å²) in [5, 5.41) is 3.85. The summed E-state index contributed by atoms with van der Waals surface area (Å²) in [6.45, 7) is 5.47. The van der Waals surface area contributed by atoms with Gasteiger partial charge in [0.15, 0.2) is 5.78 Å². The van der Waals surface area contributed by atoms with E-state index in [1.54, 1.807) is 6.20 Å². The second-order valence-electron chi connectivity index (χ2n) is 12.7. The maximum atomic E-state index is 13.7. The number of ether oxygens (including phenoxy) is 1. The Hall–Kier alpha value is -4.77. The van der Waals surface area contributed by atoms with Crippen LogP contribution in [-0.4, -0.2) is 22.5 Å². The van der Waals surface area contributed by atoms with Crippen LogP contribution in [0.25, 0.3) is 22.0 Å². The number of benzene rings is 4. The van der Waals surface area contributed by atoms with Gasteiger partial charge in [-0.15, -0.1) is 0 Å². The SMILES string of the molecule is CC(C)(C)OC(=O)Nc1ccc(-c2ccccc2)cc1CC(=O)c1cnc2c(C3CC3)c(CCc3ccccc3)ccc2c1. The number of aromatic nitrogens is 1. The zero-order valence-corrected chi connectivity index (χ0v) is 25.6. The van der Waals surface area contributed by atoms with Gasteiger partial charge in [0.05, 0.1) is 5.52 Å². The molecule has 1 aliphatic carbocycles. The van der Waals surface area contributed by atoms with Crippen molar-refractivity contribution in [2.75, 3.05) is 5.32 Å². The van der Waals surface area contributed by atoms with Crippen LogP contribution in [-0.2, 0) is 24.0 Å². The molecule has 1 saturated carbocycles. The lowest BCUT2D eigenvalue weighted by Crippen LogP contribution is -2.27. The molecule has 44 heavy (non-hydrogen) atoms. The van der Waals surface area contributed by atoms with Crippen molar-refractivity contribution in [1.29, 1.82) is 0 Å². The van der Waals surface area contributed by atoms with E-state index in [0.29, 0.717) is 17.2 Å². The Morgan fingerprint density at radius 3 is 2.25 bits per heavy atom. The van der Waals surface area contributed by atoms with Gasteiger partial charge in [0, 0.05) is 29.3 Å². The van der Waals surface area contributed by atoms with E-state index < -0.39 is 11.7 Å². The van der Waals surface area contributed by atoms with E-state index >= 15 is 0 Å². The van der Waals surface area contributed by atoms with Crippen LogP contribution in [0.3, 0.4) is 0 Å². The molecule has 0 bridgehead atoms. The molecule has 0 saturated heterocycles. The number of fused-ring (bicyclic) bond motifs is 1. The van der Waals surface area contributed by atoms with Crippen LogP contribution in [0.5, 0.6) is 0 Å². The van der Waals surface area contributed by atoms with Crippen LogP contribution in [0.1, 0.15) is 72.1 Å². The predicted molar refractivity (Wildman–Crippen MR) is 177 cm³/mol. The molecule has 4 aromatic carbocycles. The van der Waals surface area contributed by atoms with Gasteiger partial charge in [0.1, 0.15) is 5.60 Å². The van der Waals surface area contributed by atoms with Gasteiger partial charge in [0.2, 0.25) is 0 Å². The van der Waals surface area contributed by atoms with Gasteiger partial charge in [-0.25, -0.2) is 4.79 Å². The Kier molecular flexibility index (Phi) is 8.30. The normalized spacial score (nSPS) is 13.1. The molecule has 0 unspecified atom stereocenters. The molecule has 1 N–H and O–H groups in total. The first-order valence-corrected chi connectivity index (χ1v) is 15.4. The molecule has 5 nitrogen and oxygen atoms in total. The van der Waals surface area contributed by atoms with Crippen molar-refractivity contribution in [3.63, 3.8) is 0 Å². The van der Waals surface area contributed by atoms with Gasteiger partial charge in [-0.3, -0.25) is 15.1 Å². The summed E-state index contributed by atoms with van der Waals surface area (Å²) in [4.78, 5) is 31.3. The number of pyridine rings is 1. The summed E-state index contributed by atoms with van der Waals surface area (Å²) in [6, 6.07) is 32.6. The van der Waals surface area contributed by atoms with E-state index in [1.807, 2.05) is 75.4 Å². The smallest absolute Gasteiger partial charge is 0.412 e. The van der Waals surface area contributed by atoms with E-state index in [0.717, 1.165) is 40.4 Å². The average Bonchev–Trinajstić information content (AvgIpc) is 3.85. The summed E-state index contributed by atoms with van der Waals surface area (Å²) >= 11 is 0. The summed E-state index contributed by atoms with van der Waals surface area (Å²) in [6.07, 6.45) is 5.62. The van der Waals surface area contributed by atoms with Gasteiger partial charge in [-0.1, -0.05) is 78.9 Å². The lowest BCUT2D eigenvalue weighted by molar-refractivity contribution is 0.0635. The van der Waals surface area contributed by atoms with Gasteiger partial charge < -0.3 is 4.74 Å². The van der Waals surface area contributed by atoms with Crippen LogP contribution in [0.15, 0.2) is 103 Å². The van der Waals surface area contributed by atoms with Crippen molar-refractivity contribution in [3.05, 3.63) is 131 Å². The minimum atomic E-state index is -0.637. The molecule has 1 fully saturated rings. The number of hydrogen-bond acceptors (Lipinski definition) is 4. The fourth-order valence-corrected chi connectivity index (χ4v) is 5.75. The number of nitrogens with zero attached hydrogens (tertiary/aromatic N) is 1. The molecule has 1 amide bonds. The number of aryl methyl sites for hydroxylation is 2. The highest BCUT2D eigenvalue weighted by molar-refractivity contribution is 6.01. The van der Waals surface area contributed by atoms with E-state index in [4.69, 9.17) is 9.72 Å². The van der Waals surface area contributed by atoms with Crippen molar-refractivity contribution in [2.45, 2.75) is 64.4 Å². The number of carbonyl (C=O) groups is 2. The second-order valence-corrected chi connectivity index (χ2v) is 12.7. The Labute approximate surface area is 259 Å². The van der Waals surface area contributed by atoms with Gasteiger partial charge in [-0.2, -0.15) is 0 Å². The Balaban J connectivity index is 1.28. The third-order valence-electron chi connectivity index (χ3n) is 8.01. The quantitative estimate of drug-likeness (QED) is 0.176. The fourth-order valence-electron chi connectivity index (χ4n) is 5.75. The zero-order valence-electron chi connectivity index (χ0n) is 25.6. The van der Waals surface area contributed by atoms with Crippen molar-refractivity contribution in [3.8, 4) is 11.1 Å². The molecule has 0 atom stereocenters. The summed E-state index contributed by atoms with van der Waals surface area (Å²) < 4.78 is 5.49. The fraction of sp³-hybridized carbons (Fsp3) is 0.256. The third-order valence-corrected chi connectivity index (χ3v) is 8.01. The van der Waals surface area contributed by atoms with Crippen LogP contribution < -0.4 is 5.32 Å². The maximum absolute atomic E-state index is 13.7. The number of amides is 1. The van der Waals surface area contributed by atoms with Crippen LogP contribution in [0.4, 0.5) is 10.5 Å². The first-order valence-electron chi connectivity index (χ1n) is 15.4. The molecular formula is C39H38N2O3. The maximum Gasteiger partial charge on any atom is 0.412 e. The minimum absolute atomic E-state index is 0.0574. The van der Waals surface area contributed by atoms with E-state index in [2.05, 4.69) is 47.8 Å².